The molecule has 118 valence electrons. The van der Waals surface area contributed by atoms with Crippen molar-refractivity contribution >= 4 is 15.9 Å². The highest BCUT2D eigenvalue weighted by molar-refractivity contribution is 7.90. The molecule has 1 atom stereocenters. The molecule has 1 aliphatic rings. The molecule has 1 saturated heterocycles. The lowest BCUT2D eigenvalue weighted by atomic mass is 10.1. The number of hydrogen-bond acceptors (Lipinski definition) is 4. The lowest BCUT2D eigenvalue weighted by molar-refractivity contribution is -0.128. The molecule has 1 aromatic heterocycles. The minimum Gasteiger partial charge on any atom is -0.348 e. The third-order valence-corrected chi connectivity index (χ3v) is 6.15. The van der Waals surface area contributed by atoms with Crippen molar-refractivity contribution in [1.82, 2.24) is 18.8 Å². The lowest BCUT2D eigenvalue weighted by Crippen LogP contribution is -2.47. The van der Waals surface area contributed by atoms with E-state index in [0.29, 0.717) is 13.1 Å². The number of imidazole rings is 1. The van der Waals surface area contributed by atoms with Gasteiger partial charge in [0.2, 0.25) is 15.9 Å². The van der Waals surface area contributed by atoms with Crippen LogP contribution >= 0.6 is 0 Å². The van der Waals surface area contributed by atoms with Gasteiger partial charge in [-0.2, -0.15) is 0 Å². The summed E-state index contributed by atoms with van der Waals surface area (Å²) in [5.74, 6) is -0.383. The SMILES string of the molecule is CC(C(=O)N(C)C)S(=O)(=O)N1CCC(n2ccnc2)CC1. The van der Waals surface area contributed by atoms with Gasteiger partial charge >= 0.3 is 0 Å². The van der Waals surface area contributed by atoms with Gasteiger partial charge in [-0.15, -0.1) is 0 Å². The van der Waals surface area contributed by atoms with E-state index in [-0.39, 0.29) is 11.9 Å². The van der Waals surface area contributed by atoms with E-state index in [1.807, 2.05) is 10.8 Å². The molecule has 1 aromatic rings. The molecule has 0 aromatic carbocycles. The number of nitrogens with zero attached hydrogens (tertiary/aromatic N) is 4. The smallest absolute Gasteiger partial charge is 0.241 e. The molecular formula is C13H22N4O3S. The highest BCUT2D eigenvalue weighted by Gasteiger charge is 2.36. The van der Waals surface area contributed by atoms with Crippen molar-refractivity contribution in [3.8, 4) is 0 Å². The van der Waals surface area contributed by atoms with Crippen LogP contribution in [-0.4, -0.2) is 65.5 Å². The summed E-state index contributed by atoms with van der Waals surface area (Å²) in [4.78, 5) is 17.2. The van der Waals surface area contributed by atoms with E-state index < -0.39 is 15.3 Å². The molecule has 1 amide bonds. The van der Waals surface area contributed by atoms with E-state index in [2.05, 4.69) is 4.98 Å². The van der Waals surface area contributed by atoms with Crippen molar-refractivity contribution in [2.75, 3.05) is 27.2 Å². The van der Waals surface area contributed by atoms with Gasteiger partial charge in [0.05, 0.1) is 6.33 Å². The fourth-order valence-electron chi connectivity index (χ4n) is 2.59. The van der Waals surface area contributed by atoms with Crippen LogP contribution in [0.15, 0.2) is 18.7 Å². The molecule has 0 N–H and O–H groups in total. The van der Waals surface area contributed by atoms with Gasteiger partial charge in [-0.05, 0) is 19.8 Å². The Morgan fingerprint density at radius 1 is 1.33 bits per heavy atom. The average molecular weight is 314 g/mol. The molecule has 0 saturated carbocycles. The van der Waals surface area contributed by atoms with Crippen LogP contribution in [0.3, 0.4) is 0 Å². The Hall–Kier alpha value is -1.41. The normalized spacial score (nSPS) is 19.4. The van der Waals surface area contributed by atoms with Gasteiger partial charge in [0, 0.05) is 45.6 Å². The molecule has 1 aliphatic heterocycles. The van der Waals surface area contributed by atoms with Crippen molar-refractivity contribution in [3.63, 3.8) is 0 Å². The minimum absolute atomic E-state index is 0.277. The van der Waals surface area contributed by atoms with E-state index in [9.17, 15) is 13.2 Å². The first-order valence-corrected chi connectivity index (χ1v) is 8.52. The molecular weight excluding hydrogens is 292 g/mol. The Bertz CT molecular complexity index is 575. The van der Waals surface area contributed by atoms with E-state index >= 15 is 0 Å². The second-order valence-corrected chi connectivity index (χ2v) is 7.81. The number of piperidine rings is 1. The number of carbonyl (C=O) groups excluding carboxylic acids is 1. The Labute approximate surface area is 125 Å². The van der Waals surface area contributed by atoms with Crippen LogP contribution in [0.25, 0.3) is 0 Å². The summed E-state index contributed by atoms with van der Waals surface area (Å²) in [5.41, 5.74) is 0. The average Bonchev–Trinajstić information content (AvgIpc) is 2.99. The molecule has 0 spiro atoms. The number of aromatic nitrogens is 2. The Morgan fingerprint density at radius 2 is 1.95 bits per heavy atom. The highest BCUT2D eigenvalue weighted by atomic mass is 32.2. The first-order chi connectivity index (χ1) is 9.84. The van der Waals surface area contributed by atoms with Gasteiger partial charge in [0.1, 0.15) is 0 Å². The third kappa shape index (κ3) is 3.26. The number of carbonyl (C=O) groups is 1. The summed E-state index contributed by atoms with van der Waals surface area (Å²) < 4.78 is 28.4. The largest absolute Gasteiger partial charge is 0.348 e. The molecule has 0 aliphatic carbocycles. The van der Waals surface area contributed by atoms with E-state index in [1.165, 1.54) is 16.1 Å². The maximum Gasteiger partial charge on any atom is 0.241 e. The summed E-state index contributed by atoms with van der Waals surface area (Å²) in [7, 11) is -0.443. The lowest BCUT2D eigenvalue weighted by Gasteiger charge is -2.33. The van der Waals surface area contributed by atoms with Gasteiger partial charge in [0.25, 0.3) is 0 Å². The zero-order valence-electron chi connectivity index (χ0n) is 12.6. The standard InChI is InChI=1S/C13H22N4O3S/c1-11(13(18)15(2)3)21(19,20)17-7-4-12(5-8-17)16-9-6-14-10-16/h6,9-12H,4-5,7-8H2,1-3H3. The number of rotatable bonds is 4. The topological polar surface area (TPSA) is 75.5 Å². The number of amides is 1. The van der Waals surface area contributed by atoms with Gasteiger partial charge in [0.15, 0.2) is 5.25 Å². The summed E-state index contributed by atoms with van der Waals surface area (Å²) in [5, 5.41) is -1.03. The van der Waals surface area contributed by atoms with Crippen LogP contribution < -0.4 is 0 Å². The maximum atomic E-state index is 12.5. The van der Waals surface area contributed by atoms with E-state index in [0.717, 1.165) is 12.8 Å². The number of sulfonamides is 1. The summed E-state index contributed by atoms with van der Waals surface area (Å²) in [6.45, 7) is 2.34. The quantitative estimate of drug-likeness (QED) is 0.802. The van der Waals surface area contributed by atoms with Gasteiger partial charge in [-0.25, -0.2) is 17.7 Å². The highest BCUT2D eigenvalue weighted by Crippen LogP contribution is 2.25. The van der Waals surface area contributed by atoms with Crippen molar-refractivity contribution < 1.29 is 13.2 Å². The molecule has 2 heterocycles. The Morgan fingerprint density at radius 3 is 2.43 bits per heavy atom. The fourth-order valence-corrected chi connectivity index (χ4v) is 4.23. The van der Waals surface area contributed by atoms with E-state index in [4.69, 9.17) is 0 Å². The van der Waals surface area contributed by atoms with Gasteiger partial charge in [-0.1, -0.05) is 0 Å². The van der Waals surface area contributed by atoms with Gasteiger partial charge in [-0.3, -0.25) is 4.79 Å². The Balaban J connectivity index is 2.02. The van der Waals surface area contributed by atoms with Crippen molar-refractivity contribution in [3.05, 3.63) is 18.7 Å². The summed E-state index contributed by atoms with van der Waals surface area (Å²) in [6.07, 6.45) is 6.85. The van der Waals surface area contributed by atoms with Crippen LogP contribution in [-0.2, 0) is 14.8 Å². The van der Waals surface area contributed by atoms with Crippen molar-refractivity contribution in [2.24, 2.45) is 0 Å². The predicted molar refractivity (Wildman–Crippen MR) is 79.1 cm³/mol. The molecule has 8 heteroatoms. The van der Waals surface area contributed by atoms with Crippen LogP contribution in [0.4, 0.5) is 0 Å². The molecule has 2 rings (SSSR count). The van der Waals surface area contributed by atoms with Crippen LogP contribution in [0.2, 0.25) is 0 Å². The van der Waals surface area contributed by atoms with Crippen molar-refractivity contribution in [2.45, 2.75) is 31.1 Å². The van der Waals surface area contributed by atoms with Gasteiger partial charge < -0.3 is 9.47 Å². The molecule has 1 unspecified atom stereocenters. The molecule has 7 nitrogen and oxygen atoms in total. The minimum atomic E-state index is -3.58. The van der Waals surface area contributed by atoms with Crippen LogP contribution in [0, 0.1) is 0 Å². The van der Waals surface area contributed by atoms with E-state index in [1.54, 1.807) is 26.6 Å². The maximum absolute atomic E-state index is 12.5. The Kier molecular flexibility index (Phi) is 4.67. The predicted octanol–water partition coefficient (Wildman–Crippen LogP) is 0.327. The zero-order chi connectivity index (χ0) is 15.6. The molecule has 0 radical (unpaired) electrons. The second kappa shape index (κ2) is 6.15. The molecule has 1 fully saturated rings. The first-order valence-electron chi connectivity index (χ1n) is 7.01. The molecule has 21 heavy (non-hydrogen) atoms. The second-order valence-electron chi connectivity index (χ2n) is 5.56. The van der Waals surface area contributed by atoms with Crippen molar-refractivity contribution in [1.29, 1.82) is 0 Å². The van der Waals surface area contributed by atoms with Crippen LogP contribution in [0.5, 0.6) is 0 Å². The van der Waals surface area contributed by atoms with Crippen LogP contribution in [0.1, 0.15) is 25.8 Å². The monoisotopic (exact) mass is 314 g/mol. The zero-order valence-corrected chi connectivity index (χ0v) is 13.5. The first kappa shape index (κ1) is 16.0. The summed E-state index contributed by atoms with van der Waals surface area (Å²) in [6, 6.07) is 0.277. The number of hydrogen-bond donors (Lipinski definition) is 0. The summed E-state index contributed by atoms with van der Waals surface area (Å²) >= 11 is 0. The fraction of sp³-hybridized carbons (Fsp3) is 0.692. The molecule has 0 bridgehead atoms. The third-order valence-electron chi connectivity index (χ3n) is 3.97.